The van der Waals surface area contributed by atoms with Gasteiger partial charge in [0.2, 0.25) is 5.91 Å². The van der Waals surface area contributed by atoms with Crippen LogP contribution in [0, 0.1) is 5.92 Å². The molecule has 7 heteroatoms. The molecule has 0 spiro atoms. The van der Waals surface area contributed by atoms with Crippen LogP contribution in [0.3, 0.4) is 0 Å². The zero-order valence-electron chi connectivity index (χ0n) is 15.0. The maximum absolute atomic E-state index is 12.2. The van der Waals surface area contributed by atoms with Crippen LogP contribution in [0.25, 0.3) is 5.69 Å². The third-order valence-electron chi connectivity index (χ3n) is 5.02. The number of tetrazole rings is 1. The van der Waals surface area contributed by atoms with Gasteiger partial charge in [-0.2, -0.15) is 4.68 Å². The van der Waals surface area contributed by atoms with E-state index >= 15 is 0 Å². The van der Waals surface area contributed by atoms with Crippen molar-refractivity contribution in [3.05, 3.63) is 30.1 Å². The topological polar surface area (TPSA) is 81.9 Å². The average molecular weight is 343 g/mol. The molecule has 1 heterocycles. The number of hydrogen-bond acceptors (Lipinski definition) is 5. The first-order valence-corrected chi connectivity index (χ1v) is 8.82. The van der Waals surface area contributed by atoms with E-state index in [1.165, 1.54) is 0 Å². The van der Waals surface area contributed by atoms with E-state index in [1.807, 2.05) is 31.2 Å². The summed E-state index contributed by atoms with van der Waals surface area (Å²) in [6.07, 6.45) is 4.19. The van der Waals surface area contributed by atoms with E-state index in [9.17, 15) is 4.79 Å². The number of aromatic nitrogens is 4. The number of hydrogen-bond donors (Lipinski definition) is 1. The molecule has 7 nitrogen and oxygen atoms in total. The Balaban J connectivity index is 2.02. The standard InChI is InChI=1S/C18H25N5O2/c1-4-16(24)19-18(10-8-13(2)9-11-18)17-20-21-22-23(17)14-6-5-7-15(12-14)25-3/h5-7,12-13H,4,8-11H2,1-3H3,(H,19,24). The number of methoxy groups -OCH3 is 1. The molecule has 1 fully saturated rings. The van der Waals surface area contributed by atoms with Gasteiger partial charge in [0.25, 0.3) is 0 Å². The second kappa shape index (κ2) is 7.21. The lowest BCUT2D eigenvalue weighted by Crippen LogP contribution is -2.49. The summed E-state index contributed by atoms with van der Waals surface area (Å²) in [4.78, 5) is 12.2. The summed E-state index contributed by atoms with van der Waals surface area (Å²) in [5.74, 6) is 2.10. The Morgan fingerprint density at radius 1 is 1.40 bits per heavy atom. The van der Waals surface area contributed by atoms with Gasteiger partial charge in [0.15, 0.2) is 5.82 Å². The van der Waals surface area contributed by atoms with Crippen LogP contribution in [0.2, 0.25) is 0 Å². The van der Waals surface area contributed by atoms with Crippen LogP contribution in [0.15, 0.2) is 24.3 Å². The molecular weight excluding hydrogens is 318 g/mol. The maximum Gasteiger partial charge on any atom is 0.220 e. The number of amides is 1. The SMILES string of the molecule is CCC(=O)NC1(c2nnnn2-c2cccc(OC)c2)CCC(C)CC1. The molecule has 1 aromatic carbocycles. The van der Waals surface area contributed by atoms with Gasteiger partial charge in [0.1, 0.15) is 11.3 Å². The van der Waals surface area contributed by atoms with Crippen LogP contribution in [0.4, 0.5) is 0 Å². The smallest absolute Gasteiger partial charge is 0.220 e. The summed E-state index contributed by atoms with van der Waals surface area (Å²) in [6, 6.07) is 7.61. The highest BCUT2D eigenvalue weighted by Crippen LogP contribution is 2.39. The van der Waals surface area contributed by atoms with Crippen LogP contribution < -0.4 is 10.1 Å². The van der Waals surface area contributed by atoms with Gasteiger partial charge in [-0.3, -0.25) is 4.79 Å². The lowest BCUT2D eigenvalue weighted by molar-refractivity contribution is -0.123. The molecule has 1 aromatic heterocycles. The molecule has 0 saturated heterocycles. The van der Waals surface area contributed by atoms with Crippen LogP contribution in [0.1, 0.15) is 51.8 Å². The third-order valence-corrected chi connectivity index (χ3v) is 5.02. The maximum atomic E-state index is 12.2. The van der Waals surface area contributed by atoms with Crippen molar-refractivity contribution < 1.29 is 9.53 Å². The Morgan fingerprint density at radius 2 is 2.16 bits per heavy atom. The van der Waals surface area contributed by atoms with E-state index in [0.717, 1.165) is 37.1 Å². The fourth-order valence-corrected chi connectivity index (χ4v) is 3.42. The van der Waals surface area contributed by atoms with Gasteiger partial charge in [-0.1, -0.05) is 19.9 Å². The van der Waals surface area contributed by atoms with E-state index in [2.05, 4.69) is 27.8 Å². The van der Waals surface area contributed by atoms with Crippen molar-refractivity contribution in [1.29, 1.82) is 0 Å². The van der Waals surface area contributed by atoms with E-state index in [4.69, 9.17) is 4.74 Å². The molecular formula is C18H25N5O2. The Hall–Kier alpha value is -2.44. The van der Waals surface area contributed by atoms with Crippen molar-refractivity contribution in [3.63, 3.8) is 0 Å². The molecule has 1 aliphatic carbocycles. The fourth-order valence-electron chi connectivity index (χ4n) is 3.42. The Labute approximate surface area is 147 Å². The van der Waals surface area contributed by atoms with E-state index in [-0.39, 0.29) is 5.91 Å². The molecule has 0 radical (unpaired) electrons. The summed E-state index contributed by atoms with van der Waals surface area (Å²) in [6.45, 7) is 4.11. The van der Waals surface area contributed by atoms with E-state index in [1.54, 1.807) is 11.8 Å². The molecule has 0 unspecified atom stereocenters. The monoisotopic (exact) mass is 343 g/mol. The summed E-state index contributed by atoms with van der Waals surface area (Å²) in [5.41, 5.74) is 0.301. The van der Waals surface area contributed by atoms with Crippen molar-refractivity contribution in [3.8, 4) is 11.4 Å². The van der Waals surface area contributed by atoms with Gasteiger partial charge >= 0.3 is 0 Å². The summed E-state index contributed by atoms with van der Waals surface area (Å²) in [7, 11) is 1.63. The predicted octanol–water partition coefficient (Wildman–Crippen LogP) is 2.60. The van der Waals surface area contributed by atoms with Crippen molar-refractivity contribution in [1.82, 2.24) is 25.5 Å². The second-order valence-corrected chi connectivity index (χ2v) is 6.78. The van der Waals surface area contributed by atoms with Gasteiger partial charge in [0, 0.05) is 12.5 Å². The Kier molecular flexibility index (Phi) is 5.01. The highest BCUT2D eigenvalue weighted by molar-refractivity contribution is 5.76. The number of rotatable bonds is 5. The van der Waals surface area contributed by atoms with Crippen molar-refractivity contribution in [2.75, 3.05) is 7.11 Å². The van der Waals surface area contributed by atoms with Crippen LogP contribution >= 0.6 is 0 Å². The molecule has 1 amide bonds. The first kappa shape index (κ1) is 17.4. The van der Waals surface area contributed by atoms with Gasteiger partial charge in [-0.15, -0.1) is 5.10 Å². The second-order valence-electron chi connectivity index (χ2n) is 6.78. The first-order chi connectivity index (χ1) is 12.1. The molecule has 134 valence electrons. The lowest BCUT2D eigenvalue weighted by atomic mass is 9.76. The third kappa shape index (κ3) is 3.50. The lowest BCUT2D eigenvalue weighted by Gasteiger charge is -2.38. The van der Waals surface area contributed by atoms with Gasteiger partial charge < -0.3 is 10.1 Å². The van der Waals surface area contributed by atoms with E-state index in [0.29, 0.717) is 18.2 Å². The normalized spacial score (nSPS) is 23.2. The number of carbonyl (C=O) groups is 1. The summed E-state index contributed by atoms with van der Waals surface area (Å²) >= 11 is 0. The molecule has 0 bridgehead atoms. The number of carbonyl (C=O) groups excluding carboxylic acids is 1. The molecule has 2 aromatic rings. The zero-order chi connectivity index (χ0) is 17.9. The number of benzene rings is 1. The quantitative estimate of drug-likeness (QED) is 0.902. The molecule has 25 heavy (non-hydrogen) atoms. The Bertz CT molecular complexity index is 735. The predicted molar refractivity (Wildman–Crippen MR) is 93.4 cm³/mol. The van der Waals surface area contributed by atoms with Crippen LogP contribution in [0.5, 0.6) is 5.75 Å². The fraction of sp³-hybridized carbons (Fsp3) is 0.556. The minimum Gasteiger partial charge on any atom is -0.497 e. The van der Waals surface area contributed by atoms with Crippen molar-refractivity contribution >= 4 is 5.91 Å². The first-order valence-electron chi connectivity index (χ1n) is 8.82. The Morgan fingerprint density at radius 3 is 2.84 bits per heavy atom. The van der Waals surface area contributed by atoms with Gasteiger partial charge in [-0.25, -0.2) is 0 Å². The summed E-state index contributed by atoms with van der Waals surface area (Å²) in [5, 5.41) is 15.6. The molecule has 1 saturated carbocycles. The molecule has 3 rings (SSSR count). The number of ether oxygens (including phenoxy) is 1. The minimum atomic E-state index is -0.522. The molecule has 0 aliphatic heterocycles. The van der Waals surface area contributed by atoms with Crippen LogP contribution in [-0.4, -0.2) is 33.2 Å². The number of nitrogens with zero attached hydrogens (tertiary/aromatic N) is 4. The highest BCUT2D eigenvalue weighted by atomic mass is 16.5. The zero-order valence-corrected chi connectivity index (χ0v) is 15.0. The van der Waals surface area contributed by atoms with Crippen molar-refractivity contribution in [2.45, 2.75) is 51.5 Å². The van der Waals surface area contributed by atoms with E-state index < -0.39 is 5.54 Å². The molecule has 1 aliphatic rings. The summed E-state index contributed by atoms with van der Waals surface area (Å²) < 4.78 is 7.02. The molecule has 0 atom stereocenters. The van der Waals surface area contributed by atoms with Crippen molar-refractivity contribution in [2.24, 2.45) is 5.92 Å². The van der Waals surface area contributed by atoms with Gasteiger partial charge in [0.05, 0.1) is 12.8 Å². The largest absolute Gasteiger partial charge is 0.497 e. The van der Waals surface area contributed by atoms with Crippen LogP contribution in [-0.2, 0) is 10.3 Å². The number of nitrogens with one attached hydrogen (secondary N) is 1. The molecule has 1 N–H and O–H groups in total. The highest BCUT2D eigenvalue weighted by Gasteiger charge is 2.41. The average Bonchev–Trinajstić information content (AvgIpc) is 3.14. The minimum absolute atomic E-state index is 0.0229. The van der Waals surface area contributed by atoms with Gasteiger partial charge in [-0.05, 0) is 54.2 Å².